The van der Waals surface area contributed by atoms with Crippen molar-refractivity contribution in [3.8, 4) is 0 Å². The second-order valence-electron chi connectivity index (χ2n) is 3.99. The van der Waals surface area contributed by atoms with E-state index in [0.29, 0.717) is 21.4 Å². The molecule has 1 atom stereocenters. The normalized spacial score (nSPS) is 12.8. The molecule has 96 valence electrons. The van der Waals surface area contributed by atoms with Crippen LogP contribution in [0, 0.1) is 0 Å². The quantitative estimate of drug-likeness (QED) is 0.905. The lowest BCUT2D eigenvalue weighted by atomic mass is 10.0. The molecule has 0 bridgehead atoms. The van der Waals surface area contributed by atoms with E-state index in [-0.39, 0.29) is 18.9 Å². The maximum absolute atomic E-state index is 10.7. The Hall–Kier alpha value is -1.23. The summed E-state index contributed by atoms with van der Waals surface area (Å²) in [5, 5.41) is 10.4. The van der Waals surface area contributed by atoms with Crippen molar-refractivity contribution < 1.29 is 14.3 Å². The fourth-order valence-corrected chi connectivity index (χ4v) is 2.36. The van der Waals surface area contributed by atoms with Gasteiger partial charge >= 0.3 is 5.97 Å². The fraction of sp³-hybridized carbons (Fsp3) is 0.250. The number of carboxylic acids is 1. The molecule has 6 heteroatoms. The average molecular weight is 288 g/mol. The van der Waals surface area contributed by atoms with Gasteiger partial charge in [0, 0.05) is 22.9 Å². The molecule has 4 nitrogen and oxygen atoms in total. The van der Waals surface area contributed by atoms with Crippen molar-refractivity contribution in [1.82, 2.24) is 0 Å². The highest BCUT2D eigenvalue weighted by Crippen LogP contribution is 2.33. The Morgan fingerprint density at radius 2 is 2.11 bits per heavy atom. The fourth-order valence-electron chi connectivity index (χ4n) is 1.81. The lowest BCUT2D eigenvalue weighted by molar-refractivity contribution is -0.137. The highest BCUT2D eigenvalue weighted by Gasteiger charge is 2.19. The minimum atomic E-state index is -0.921. The minimum absolute atomic E-state index is 0.0817. The molecule has 0 radical (unpaired) electrons. The predicted octanol–water partition coefficient (Wildman–Crippen LogP) is 3.26. The molecule has 0 aliphatic heterocycles. The smallest absolute Gasteiger partial charge is 0.304 e. The summed E-state index contributed by atoms with van der Waals surface area (Å²) in [6.45, 7) is 0.192. The van der Waals surface area contributed by atoms with Crippen molar-refractivity contribution in [2.45, 2.75) is 12.3 Å². The minimum Gasteiger partial charge on any atom is -0.481 e. The summed E-state index contributed by atoms with van der Waals surface area (Å²) in [6, 6.07) is 5.02. The summed E-state index contributed by atoms with van der Waals surface area (Å²) >= 11 is 11.9. The molecule has 1 aromatic carbocycles. The summed E-state index contributed by atoms with van der Waals surface area (Å²) < 4.78 is 5.57. The monoisotopic (exact) mass is 287 g/mol. The highest BCUT2D eigenvalue weighted by molar-refractivity contribution is 6.38. The predicted molar refractivity (Wildman–Crippen MR) is 70.3 cm³/mol. The van der Waals surface area contributed by atoms with Crippen molar-refractivity contribution >= 4 is 40.1 Å². The van der Waals surface area contributed by atoms with Gasteiger partial charge in [-0.25, -0.2) is 0 Å². The first kappa shape index (κ1) is 13.2. The van der Waals surface area contributed by atoms with E-state index in [1.165, 1.54) is 0 Å². The standard InChI is InChI=1S/C12H11Cl2NO3/c13-8-1-6-2-10(7(5-15)3-11(16)17)18-12(6)9(14)4-8/h1-2,4,7H,3,5,15H2,(H,16,17). The van der Waals surface area contributed by atoms with Gasteiger partial charge < -0.3 is 15.3 Å². The Morgan fingerprint density at radius 1 is 1.39 bits per heavy atom. The first-order valence-corrected chi connectivity index (χ1v) is 6.07. The molecule has 1 heterocycles. The average Bonchev–Trinajstić information content (AvgIpc) is 2.69. The number of furan rings is 1. The van der Waals surface area contributed by atoms with Crippen LogP contribution in [0.2, 0.25) is 10.0 Å². The maximum Gasteiger partial charge on any atom is 0.304 e. The van der Waals surface area contributed by atoms with E-state index in [9.17, 15) is 4.79 Å². The van der Waals surface area contributed by atoms with Gasteiger partial charge in [0.2, 0.25) is 0 Å². The SMILES string of the molecule is NCC(CC(=O)O)c1cc2cc(Cl)cc(Cl)c2o1. The molecule has 0 aliphatic rings. The zero-order chi connectivity index (χ0) is 13.3. The number of nitrogens with two attached hydrogens (primary N) is 1. The van der Waals surface area contributed by atoms with Crippen LogP contribution in [0.1, 0.15) is 18.1 Å². The van der Waals surface area contributed by atoms with Crippen LogP contribution in [0.3, 0.4) is 0 Å². The van der Waals surface area contributed by atoms with Crippen LogP contribution in [0.25, 0.3) is 11.0 Å². The molecule has 2 rings (SSSR count). The maximum atomic E-state index is 10.7. The van der Waals surface area contributed by atoms with E-state index in [1.54, 1.807) is 18.2 Å². The molecule has 0 aliphatic carbocycles. The topological polar surface area (TPSA) is 76.5 Å². The molecule has 0 saturated carbocycles. The van der Waals surface area contributed by atoms with E-state index in [0.717, 1.165) is 5.39 Å². The van der Waals surface area contributed by atoms with Gasteiger partial charge in [-0.2, -0.15) is 0 Å². The van der Waals surface area contributed by atoms with Gasteiger partial charge in [0.25, 0.3) is 0 Å². The van der Waals surface area contributed by atoms with Gasteiger partial charge in [-0.05, 0) is 18.2 Å². The Bertz CT molecular complexity index is 594. The van der Waals surface area contributed by atoms with Gasteiger partial charge in [-0.15, -0.1) is 0 Å². The number of benzene rings is 1. The largest absolute Gasteiger partial charge is 0.481 e. The lowest BCUT2D eigenvalue weighted by Crippen LogP contribution is -2.15. The molecule has 1 aromatic heterocycles. The molecule has 18 heavy (non-hydrogen) atoms. The van der Waals surface area contributed by atoms with E-state index in [2.05, 4.69) is 0 Å². The molecule has 0 spiro atoms. The second kappa shape index (κ2) is 5.18. The number of hydrogen-bond acceptors (Lipinski definition) is 3. The first-order valence-electron chi connectivity index (χ1n) is 5.31. The number of fused-ring (bicyclic) bond motifs is 1. The number of halogens is 2. The Kier molecular flexibility index (Phi) is 3.80. The third-order valence-corrected chi connectivity index (χ3v) is 3.16. The van der Waals surface area contributed by atoms with Crippen molar-refractivity contribution in [1.29, 1.82) is 0 Å². The van der Waals surface area contributed by atoms with Crippen LogP contribution in [-0.4, -0.2) is 17.6 Å². The molecular formula is C12H11Cl2NO3. The van der Waals surface area contributed by atoms with Gasteiger partial charge in [-0.3, -0.25) is 4.79 Å². The second-order valence-corrected chi connectivity index (χ2v) is 4.83. The third kappa shape index (κ3) is 2.61. The van der Waals surface area contributed by atoms with Crippen molar-refractivity contribution in [3.05, 3.63) is 34.0 Å². The Balaban J connectivity index is 2.45. The Labute approximate surface area is 113 Å². The van der Waals surface area contributed by atoms with E-state index in [1.807, 2.05) is 0 Å². The summed E-state index contributed by atoms with van der Waals surface area (Å²) in [6.07, 6.45) is -0.0817. The van der Waals surface area contributed by atoms with Crippen LogP contribution in [0.4, 0.5) is 0 Å². The number of rotatable bonds is 4. The molecule has 0 amide bonds. The third-order valence-electron chi connectivity index (χ3n) is 2.66. The molecule has 1 unspecified atom stereocenters. The number of aliphatic carboxylic acids is 1. The van der Waals surface area contributed by atoms with Crippen molar-refractivity contribution in [2.24, 2.45) is 5.73 Å². The zero-order valence-corrected chi connectivity index (χ0v) is 10.8. The molecule has 3 N–H and O–H groups in total. The van der Waals surface area contributed by atoms with Gasteiger partial charge in [0.05, 0.1) is 11.4 Å². The number of carboxylic acid groups (broad SMARTS) is 1. The van der Waals surface area contributed by atoms with Crippen LogP contribution in [0.15, 0.2) is 22.6 Å². The van der Waals surface area contributed by atoms with E-state index < -0.39 is 5.97 Å². The molecular weight excluding hydrogens is 277 g/mol. The van der Waals surface area contributed by atoms with E-state index in [4.69, 9.17) is 38.5 Å². The number of carbonyl (C=O) groups is 1. The Morgan fingerprint density at radius 3 is 2.72 bits per heavy atom. The van der Waals surface area contributed by atoms with Crippen LogP contribution in [-0.2, 0) is 4.79 Å². The summed E-state index contributed by atoms with van der Waals surface area (Å²) in [5.74, 6) is -0.779. The highest BCUT2D eigenvalue weighted by atomic mass is 35.5. The van der Waals surface area contributed by atoms with Crippen molar-refractivity contribution in [2.75, 3.05) is 6.54 Å². The first-order chi connectivity index (χ1) is 8.51. The molecule has 2 aromatic rings. The van der Waals surface area contributed by atoms with Crippen LogP contribution >= 0.6 is 23.2 Å². The summed E-state index contributed by atoms with van der Waals surface area (Å²) in [7, 11) is 0. The zero-order valence-electron chi connectivity index (χ0n) is 9.32. The molecule has 0 fully saturated rings. The lowest BCUT2D eigenvalue weighted by Gasteiger charge is -2.07. The summed E-state index contributed by atoms with van der Waals surface area (Å²) in [4.78, 5) is 10.7. The van der Waals surface area contributed by atoms with Gasteiger partial charge in [0.1, 0.15) is 5.76 Å². The van der Waals surface area contributed by atoms with Gasteiger partial charge in [-0.1, -0.05) is 23.2 Å². The van der Waals surface area contributed by atoms with Crippen molar-refractivity contribution in [3.63, 3.8) is 0 Å². The van der Waals surface area contributed by atoms with Crippen LogP contribution < -0.4 is 5.73 Å². The van der Waals surface area contributed by atoms with Gasteiger partial charge in [0.15, 0.2) is 5.58 Å². The molecule has 0 saturated heterocycles. The van der Waals surface area contributed by atoms with E-state index >= 15 is 0 Å². The summed E-state index contributed by atoms with van der Waals surface area (Å²) in [5.41, 5.74) is 6.06. The number of hydrogen-bond donors (Lipinski definition) is 2. The van der Waals surface area contributed by atoms with Crippen LogP contribution in [0.5, 0.6) is 0 Å².